The maximum absolute atomic E-state index is 13.7. The third kappa shape index (κ3) is 18.6. The van der Waals surface area contributed by atoms with Crippen LogP contribution in [0.25, 0.3) is 0 Å². The lowest BCUT2D eigenvalue weighted by Crippen LogP contribution is -2.67. The van der Waals surface area contributed by atoms with Crippen molar-refractivity contribution in [1.29, 1.82) is 0 Å². The van der Waals surface area contributed by atoms with E-state index in [2.05, 4.69) is 10.6 Å². The summed E-state index contributed by atoms with van der Waals surface area (Å²) < 4.78 is 52.2. The normalized spacial score (nSPS) is 28.1. The van der Waals surface area contributed by atoms with E-state index >= 15 is 0 Å². The second-order valence-electron chi connectivity index (χ2n) is 15.9. The summed E-state index contributed by atoms with van der Waals surface area (Å²) in [5.74, 6) is -6.16. The van der Waals surface area contributed by atoms with Crippen molar-refractivity contribution in [1.82, 2.24) is 10.6 Å². The Morgan fingerprint density at radius 3 is 1.75 bits per heavy atom. The summed E-state index contributed by atoms with van der Waals surface area (Å²) in [4.78, 5) is 97.4. The number of hydrogen-bond donors (Lipinski definition) is 8. The first kappa shape index (κ1) is 55.8. The van der Waals surface area contributed by atoms with Crippen LogP contribution in [0.4, 0.5) is 0 Å². The smallest absolute Gasteiger partial charge is 0.326 e. The topological polar surface area (TPSA) is 330 Å². The number of carbonyl (C=O) groups excluding carboxylic acids is 6. The van der Waals surface area contributed by atoms with Crippen LogP contribution in [0.2, 0.25) is 0 Å². The highest BCUT2D eigenvalue weighted by atomic mass is 31.2. The molecule has 0 radical (unpaired) electrons. The van der Waals surface area contributed by atoms with Crippen molar-refractivity contribution in [2.24, 2.45) is 11.8 Å². The molecule has 0 aliphatic carbocycles. The summed E-state index contributed by atoms with van der Waals surface area (Å²) in [6, 6.07) is -3.15. The number of esters is 4. The lowest BCUT2D eigenvalue weighted by Gasteiger charge is -2.47. The first-order valence-corrected chi connectivity index (χ1v) is 23.4. The van der Waals surface area contributed by atoms with Crippen molar-refractivity contribution in [3.63, 3.8) is 0 Å². The molecule has 0 aromatic heterocycles. The molecular formula is C40H69N2O20P. The molecule has 0 bridgehead atoms. The lowest BCUT2D eigenvalue weighted by molar-refractivity contribution is -0.293. The number of carbonyl (C=O) groups is 6. The number of nitrogens with one attached hydrogen (secondary N) is 2. The molecule has 63 heavy (non-hydrogen) atoms. The van der Waals surface area contributed by atoms with Crippen LogP contribution < -0.4 is 10.6 Å². The van der Waals surface area contributed by atoms with Gasteiger partial charge in [0.2, 0.25) is 11.8 Å². The Labute approximate surface area is 367 Å². The number of ether oxygens (including phenoxy) is 7. The van der Waals surface area contributed by atoms with Crippen molar-refractivity contribution in [3.8, 4) is 0 Å². The van der Waals surface area contributed by atoms with E-state index in [1.54, 1.807) is 34.6 Å². The first-order chi connectivity index (χ1) is 29.6. The van der Waals surface area contributed by atoms with Crippen LogP contribution in [0.5, 0.6) is 0 Å². The number of amides is 2. The van der Waals surface area contributed by atoms with Gasteiger partial charge in [-0.25, -0.2) is 0 Å². The lowest BCUT2D eigenvalue weighted by atomic mass is 9.88. The highest BCUT2D eigenvalue weighted by molar-refractivity contribution is 7.51. The van der Waals surface area contributed by atoms with E-state index in [9.17, 15) is 63.5 Å². The minimum absolute atomic E-state index is 0.00260. The quantitative estimate of drug-likeness (QED) is 0.0327. The molecule has 22 nitrogen and oxygen atoms in total. The van der Waals surface area contributed by atoms with E-state index in [4.69, 9.17) is 33.2 Å². The Morgan fingerprint density at radius 2 is 1.22 bits per heavy atom. The molecule has 8 N–H and O–H groups in total. The molecule has 14 unspecified atom stereocenters. The molecule has 2 fully saturated rings. The van der Waals surface area contributed by atoms with Gasteiger partial charge in [-0.15, -0.1) is 0 Å². The fourth-order valence-electron chi connectivity index (χ4n) is 6.83. The summed E-state index contributed by atoms with van der Waals surface area (Å²) in [6.45, 7) is 10.0. The predicted molar refractivity (Wildman–Crippen MR) is 218 cm³/mol. The van der Waals surface area contributed by atoms with Crippen LogP contribution in [-0.4, -0.2) is 159 Å². The molecule has 14 atom stereocenters. The number of hydrogen-bond acceptors (Lipinski definition) is 18. The van der Waals surface area contributed by atoms with Crippen molar-refractivity contribution >= 4 is 43.3 Å². The predicted octanol–water partition coefficient (Wildman–Crippen LogP) is 0.226. The van der Waals surface area contributed by atoms with Crippen LogP contribution >= 0.6 is 7.60 Å². The zero-order valence-electron chi connectivity index (χ0n) is 37.1. The van der Waals surface area contributed by atoms with Crippen molar-refractivity contribution in [2.45, 2.75) is 186 Å². The van der Waals surface area contributed by atoms with E-state index in [1.165, 1.54) is 0 Å². The molecule has 364 valence electrons. The SMILES string of the molecule is CCC(=O)OC(CC)CC(=O)NC1C(OCC2OC(O)C(NC(=O)CC(C)CC)C(OC(=O)CC(O)CC)C2O)OC(CO)C(CP(=O)(O)O)C1OC(=O)CC(CC)OC(=O)CC. The molecular weight excluding hydrogens is 859 g/mol. The fraction of sp³-hybridized carbons (Fsp3) is 0.850. The average molecular weight is 929 g/mol. The third-order valence-corrected chi connectivity index (χ3v) is 11.7. The molecule has 2 heterocycles. The van der Waals surface area contributed by atoms with Gasteiger partial charge >= 0.3 is 31.5 Å². The zero-order chi connectivity index (χ0) is 47.6. The fourth-order valence-corrected chi connectivity index (χ4v) is 7.82. The van der Waals surface area contributed by atoms with Gasteiger partial charge in [-0.1, -0.05) is 54.9 Å². The van der Waals surface area contributed by atoms with Crippen LogP contribution in [0, 0.1) is 11.8 Å². The molecule has 0 aromatic carbocycles. The van der Waals surface area contributed by atoms with E-state index in [-0.39, 0.29) is 44.4 Å². The Hall–Kier alpha value is -3.31. The summed E-state index contributed by atoms with van der Waals surface area (Å²) in [7, 11) is -4.99. The second-order valence-corrected chi connectivity index (χ2v) is 17.6. The van der Waals surface area contributed by atoms with Gasteiger partial charge in [0.15, 0.2) is 18.7 Å². The minimum Gasteiger partial charge on any atom is -0.462 e. The first-order valence-electron chi connectivity index (χ1n) is 21.6. The van der Waals surface area contributed by atoms with Crippen LogP contribution in [0.15, 0.2) is 0 Å². The molecule has 2 amide bonds. The molecule has 0 spiro atoms. The van der Waals surface area contributed by atoms with Gasteiger partial charge in [-0.3, -0.25) is 33.3 Å². The molecule has 23 heteroatoms. The maximum Gasteiger partial charge on any atom is 0.326 e. The van der Waals surface area contributed by atoms with E-state index < -0.39 is 161 Å². The van der Waals surface area contributed by atoms with Gasteiger partial charge in [0, 0.05) is 25.2 Å². The summed E-state index contributed by atoms with van der Waals surface area (Å²) >= 11 is 0. The summed E-state index contributed by atoms with van der Waals surface area (Å²) in [5, 5.41) is 48.4. The van der Waals surface area contributed by atoms with Crippen molar-refractivity contribution in [2.75, 3.05) is 19.4 Å². The van der Waals surface area contributed by atoms with E-state index in [0.717, 1.165) is 0 Å². The number of aliphatic hydroxyl groups excluding tert-OH is 4. The molecule has 2 aliphatic rings. The second kappa shape index (κ2) is 27.2. The minimum atomic E-state index is -4.99. The van der Waals surface area contributed by atoms with Crippen LogP contribution in [0.3, 0.4) is 0 Å². The Kier molecular flexibility index (Phi) is 24.1. The highest BCUT2D eigenvalue weighted by Gasteiger charge is 2.53. The third-order valence-electron chi connectivity index (χ3n) is 10.8. The van der Waals surface area contributed by atoms with Gasteiger partial charge in [0.05, 0.1) is 50.8 Å². The zero-order valence-corrected chi connectivity index (χ0v) is 38.0. The summed E-state index contributed by atoms with van der Waals surface area (Å²) in [5.41, 5.74) is 0. The largest absolute Gasteiger partial charge is 0.462 e. The van der Waals surface area contributed by atoms with Crippen LogP contribution in [0.1, 0.15) is 113 Å². The van der Waals surface area contributed by atoms with Crippen molar-refractivity contribution in [3.05, 3.63) is 0 Å². The van der Waals surface area contributed by atoms with Gasteiger partial charge in [-0.05, 0) is 25.2 Å². The molecule has 2 rings (SSSR count). The Morgan fingerprint density at radius 1 is 0.683 bits per heavy atom. The monoisotopic (exact) mass is 928 g/mol. The average Bonchev–Trinajstić information content (AvgIpc) is 3.22. The Bertz CT molecular complexity index is 1530. The van der Waals surface area contributed by atoms with Gasteiger partial charge in [-0.2, -0.15) is 0 Å². The van der Waals surface area contributed by atoms with Gasteiger partial charge in [0.1, 0.15) is 42.6 Å². The number of rotatable bonds is 26. The van der Waals surface area contributed by atoms with Crippen molar-refractivity contribution < 1.29 is 96.7 Å². The van der Waals surface area contributed by atoms with Gasteiger partial charge in [0.25, 0.3) is 0 Å². The van der Waals surface area contributed by atoms with Gasteiger partial charge < -0.3 is 74.0 Å². The Balaban J connectivity index is 2.59. The molecule has 0 aromatic rings. The standard InChI is InChI=1S/C40H69N2O20P/c1-8-21(7)14-28(45)41-34-38(62-32(49)15-22(44)9-2)36(51)27(59-39(34)52)19-56-40-35(42-29(46)16-23(10-3)57-30(47)12-5)37(25(20-63(53,54)55)26(18-43)60-40)61-33(50)17-24(11-4)58-31(48)13-6/h21-27,34-40,43-44,51-52H,8-20H2,1-7H3,(H,41,45)(H,42,46)(H2,53,54,55). The molecule has 2 aliphatic heterocycles. The van der Waals surface area contributed by atoms with E-state index in [0.29, 0.717) is 6.42 Å². The van der Waals surface area contributed by atoms with Crippen LogP contribution in [-0.2, 0) is 66.5 Å². The summed E-state index contributed by atoms with van der Waals surface area (Å²) in [6.07, 6.45) is -16.3. The van der Waals surface area contributed by atoms with E-state index in [1.807, 2.05) is 13.8 Å². The number of aliphatic hydroxyl groups is 4. The molecule has 2 saturated heterocycles. The molecule has 0 saturated carbocycles. The highest BCUT2D eigenvalue weighted by Crippen LogP contribution is 2.43. The maximum atomic E-state index is 13.7.